The molecular weight excluding hydrogens is 124 g/mol. The molecule has 2 heteroatoms. The molecule has 0 saturated carbocycles. The van der Waals surface area contributed by atoms with Gasteiger partial charge in [0.25, 0.3) is 0 Å². The molecular formula is C8H12N2. The number of imidazole rings is 1. The molecule has 0 saturated heterocycles. The van der Waals surface area contributed by atoms with E-state index in [0.29, 0.717) is 0 Å². The van der Waals surface area contributed by atoms with Gasteiger partial charge in [0.05, 0.1) is 17.0 Å². The van der Waals surface area contributed by atoms with Crippen LogP contribution in [0.3, 0.4) is 0 Å². The van der Waals surface area contributed by atoms with Crippen LogP contribution in [0.25, 0.3) is 12.7 Å². The Morgan fingerprint density at radius 2 is 2.60 bits per heavy atom. The van der Waals surface area contributed by atoms with Crippen LogP contribution < -0.4 is 10.7 Å². The van der Waals surface area contributed by atoms with Gasteiger partial charge in [-0.15, -0.1) is 0 Å². The average Bonchev–Trinajstić information content (AvgIpc) is 2.15. The van der Waals surface area contributed by atoms with Crippen molar-refractivity contribution in [1.82, 2.24) is 9.97 Å². The molecule has 1 aromatic rings. The predicted octanol–water partition coefficient (Wildman–Crippen LogP) is 0.423. The summed E-state index contributed by atoms with van der Waals surface area (Å²) in [6, 6.07) is 0. The zero-order valence-corrected chi connectivity index (χ0v) is 6.02. The highest BCUT2D eigenvalue weighted by atomic mass is 14.8. The highest BCUT2D eigenvalue weighted by Crippen LogP contribution is 1.83. The molecule has 0 aliphatic heterocycles. The number of H-pyrrole nitrogens is 1. The van der Waals surface area contributed by atoms with Gasteiger partial charge < -0.3 is 4.98 Å². The van der Waals surface area contributed by atoms with Crippen molar-refractivity contribution in [1.29, 1.82) is 0 Å². The fourth-order valence-corrected chi connectivity index (χ4v) is 0.689. The lowest BCUT2D eigenvalue weighted by molar-refractivity contribution is 1.29. The predicted molar refractivity (Wildman–Crippen MR) is 44.8 cm³/mol. The van der Waals surface area contributed by atoms with Crippen molar-refractivity contribution in [3.05, 3.63) is 29.2 Å². The Hall–Kier alpha value is -1.31. The molecule has 0 aromatic carbocycles. The molecule has 10 heavy (non-hydrogen) atoms. The summed E-state index contributed by atoms with van der Waals surface area (Å²) in [6.07, 6.45) is 3.51. The van der Waals surface area contributed by atoms with Gasteiger partial charge in [-0.2, -0.15) is 0 Å². The van der Waals surface area contributed by atoms with Crippen molar-refractivity contribution in [3.8, 4) is 0 Å². The van der Waals surface area contributed by atoms with Crippen LogP contribution in [0.4, 0.5) is 0 Å². The number of hydrogen-bond donors (Lipinski definition) is 1. The molecule has 0 unspecified atom stereocenters. The molecule has 1 heterocycles. The fraction of sp³-hybridized carbons (Fsp3) is 0.125. The summed E-state index contributed by atoms with van der Waals surface area (Å²) in [4.78, 5) is 6.90. The number of allylic oxidation sites excluding steroid dienone is 1. The first-order chi connectivity index (χ1) is 4.70. The van der Waals surface area contributed by atoms with E-state index < -0.39 is 0 Å². The number of aromatic amines is 1. The lowest BCUT2D eigenvalue weighted by Gasteiger charge is -1.79. The topological polar surface area (TPSA) is 28.7 Å². The lowest BCUT2D eigenvalue weighted by atomic mass is 10.3. The summed E-state index contributed by atoms with van der Waals surface area (Å²) in [5.74, 6) is 0. The summed E-state index contributed by atoms with van der Waals surface area (Å²) in [6.45, 7) is 9.40. The number of aromatic nitrogens is 2. The summed E-state index contributed by atoms with van der Waals surface area (Å²) in [5, 5.41) is 1.70. The van der Waals surface area contributed by atoms with Crippen molar-refractivity contribution < 1.29 is 1.43 Å². The van der Waals surface area contributed by atoms with Crippen LogP contribution in [0.5, 0.6) is 0 Å². The molecule has 0 spiro atoms. The third-order valence-electron chi connectivity index (χ3n) is 1.13. The minimum Gasteiger partial charge on any atom is -0.345 e. The van der Waals surface area contributed by atoms with Crippen LogP contribution >= 0.6 is 0 Å². The van der Waals surface area contributed by atoms with Crippen LogP contribution in [-0.4, -0.2) is 9.97 Å². The van der Waals surface area contributed by atoms with Gasteiger partial charge in [-0.3, -0.25) is 0 Å². The van der Waals surface area contributed by atoms with Gasteiger partial charge in [-0.05, 0) is 13.0 Å². The van der Waals surface area contributed by atoms with Crippen molar-refractivity contribution >= 4 is 12.7 Å². The second-order valence-corrected chi connectivity index (χ2v) is 2.26. The SMILES string of the molecule is C=C(C)/C=c1/nc[nH]c1=C.[HH]. The second-order valence-electron chi connectivity index (χ2n) is 2.26. The summed E-state index contributed by atoms with van der Waals surface area (Å²) >= 11 is 0. The number of nitrogens with zero attached hydrogens (tertiary/aromatic N) is 1. The Labute approximate surface area is 61.1 Å². The van der Waals surface area contributed by atoms with Crippen molar-refractivity contribution in [2.75, 3.05) is 0 Å². The van der Waals surface area contributed by atoms with Gasteiger partial charge in [-0.1, -0.05) is 18.7 Å². The van der Waals surface area contributed by atoms with E-state index in [1.165, 1.54) is 0 Å². The summed E-state index contributed by atoms with van der Waals surface area (Å²) < 4.78 is 0. The Morgan fingerprint density at radius 3 is 3.00 bits per heavy atom. The van der Waals surface area contributed by atoms with Crippen LogP contribution in [0.2, 0.25) is 0 Å². The average molecular weight is 136 g/mol. The van der Waals surface area contributed by atoms with E-state index in [4.69, 9.17) is 0 Å². The van der Waals surface area contributed by atoms with Crippen LogP contribution in [0, 0.1) is 0 Å². The van der Waals surface area contributed by atoms with Crippen LogP contribution in [0.15, 0.2) is 18.5 Å². The highest BCUT2D eigenvalue weighted by molar-refractivity contribution is 5.41. The van der Waals surface area contributed by atoms with E-state index in [0.717, 1.165) is 16.3 Å². The quantitative estimate of drug-likeness (QED) is 0.595. The van der Waals surface area contributed by atoms with E-state index in [1.54, 1.807) is 6.33 Å². The van der Waals surface area contributed by atoms with E-state index in [1.807, 2.05) is 13.0 Å². The second kappa shape index (κ2) is 2.52. The van der Waals surface area contributed by atoms with Crippen molar-refractivity contribution in [2.24, 2.45) is 0 Å². The maximum absolute atomic E-state index is 4.02. The molecule has 2 nitrogen and oxygen atoms in total. The molecule has 0 atom stereocenters. The molecule has 0 fully saturated rings. The van der Waals surface area contributed by atoms with Crippen molar-refractivity contribution in [2.45, 2.75) is 6.92 Å². The van der Waals surface area contributed by atoms with Crippen LogP contribution in [-0.2, 0) is 0 Å². The van der Waals surface area contributed by atoms with Gasteiger partial charge in [0.2, 0.25) is 0 Å². The molecule has 0 bridgehead atoms. The summed E-state index contributed by atoms with van der Waals surface area (Å²) in [5.41, 5.74) is 0.983. The molecule has 54 valence electrons. The standard InChI is InChI=1S/C8H10N2.H2/c1-6(2)4-8-7(3)9-5-10-8;/h4-5H,1,3H2,2H3,(H,9,10);1H/b8-4+;. The number of nitrogens with one attached hydrogen (secondary N) is 1. The molecule has 1 aromatic heterocycles. The first kappa shape index (κ1) is 6.81. The molecule has 0 amide bonds. The Morgan fingerprint density at radius 1 is 1.90 bits per heavy atom. The Kier molecular flexibility index (Phi) is 1.71. The van der Waals surface area contributed by atoms with Gasteiger partial charge >= 0.3 is 0 Å². The third-order valence-corrected chi connectivity index (χ3v) is 1.13. The maximum Gasteiger partial charge on any atom is 0.0931 e. The molecule has 0 aliphatic rings. The van der Waals surface area contributed by atoms with Gasteiger partial charge in [0, 0.05) is 1.43 Å². The minimum atomic E-state index is 0. The van der Waals surface area contributed by atoms with E-state index in [-0.39, 0.29) is 1.43 Å². The highest BCUT2D eigenvalue weighted by Gasteiger charge is 1.82. The zero-order chi connectivity index (χ0) is 7.56. The lowest BCUT2D eigenvalue weighted by Crippen LogP contribution is -2.22. The largest absolute Gasteiger partial charge is 0.345 e. The smallest absolute Gasteiger partial charge is 0.0931 e. The van der Waals surface area contributed by atoms with E-state index in [2.05, 4.69) is 23.1 Å². The Bertz CT molecular complexity index is 337. The van der Waals surface area contributed by atoms with E-state index in [9.17, 15) is 0 Å². The van der Waals surface area contributed by atoms with E-state index >= 15 is 0 Å². The first-order valence-corrected chi connectivity index (χ1v) is 3.05. The fourth-order valence-electron chi connectivity index (χ4n) is 0.689. The molecule has 1 N–H and O–H groups in total. The number of hydrogen-bond acceptors (Lipinski definition) is 1. The summed E-state index contributed by atoms with van der Waals surface area (Å²) in [7, 11) is 0. The van der Waals surface area contributed by atoms with Gasteiger partial charge in [-0.25, -0.2) is 4.98 Å². The first-order valence-electron chi connectivity index (χ1n) is 3.05. The monoisotopic (exact) mass is 136 g/mol. The third kappa shape index (κ3) is 1.35. The molecule has 0 radical (unpaired) electrons. The normalized spacial score (nSPS) is 11.9. The van der Waals surface area contributed by atoms with Gasteiger partial charge in [0.15, 0.2) is 0 Å². The zero-order valence-electron chi connectivity index (χ0n) is 6.02. The maximum atomic E-state index is 4.02. The minimum absolute atomic E-state index is 0. The van der Waals surface area contributed by atoms with Crippen molar-refractivity contribution in [3.63, 3.8) is 0 Å². The molecule has 1 rings (SSSR count). The number of rotatable bonds is 1. The molecule has 0 aliphatic carbocycles. The van der Waals surface area contributed by atoms with Gasteiger partial charge in [0.1, 0.15) is 0 Å². The van der Waals surface area contributed by atoms with Crippen LogP contribution in [0.1, 0.15) is 8.35 Å². The Balaban J connectivity index is 0.000001000.